The van der Waals surface area contributed by atoms with Crippen molar-refractivity contribution in [2.75, 3.05) is 0 Å². The molecular weight excluding hydrogens is 216 g/mol. The van der Waals surface area contributed by atoms with Crippen LogP contribution in [0, 0.1) is 0 Å². The van der Waals surface area contributed by atoms with Crippen LogP contribution in [0.15, 0.2) is 48.5 Å². The second-order valence-corrected chi connectivity index (χ2v) is 6.04. The van der Waals surface area contributed by atoms with Gasteiger partial charge in [0, 0.05) is 5.41 Å². The zero-order valence-corrected chi connectivity index (χ0v) is 10.8. The SMILES string of the molecule is C[C@]12Cc3ccccc3[C@H]1CCc1ccccc12. The van der Waals surface area contributed by atoms with E-state index in [1.807, 2.05) is 0 Å². The van der Waals surface area contributed by atoms with Crippen molar-refractivity contribution >= 4 is 0 Å². The van der Waals surface area contributed by atoms with E-state index in [1.54, 1.807) is 22.3 Å². The van der Waals surface area contributed by atoms with Gasteiger partial charge in [-0.3, -0.25) is 0 Å². The van der Waals surface area contributed by atoms with Crippen molar-refractivity contribution in [2.24, 2.45) is 0 Å². The molecule has 0 saturated carbocycles. The number of fused-ring (bicyclic) bond motifs is 5. The van der Waals surface area contributed by atoms with Gasteiger partial charge < -0.3 is 0 Å². The van der Waals surface area contributed by atoms with Gasteiger partial charge >= 0.3 is 0 Å². The molecule has 2 aromatic rings. The Morgan fingerprint density at radius 3 is 2.56 bits per heavy atom. The highest BCUT2D eigenvalue weighted by molar-refractivity contribution is 5.50. The van der Waals surface area contributed by atoms with Crippen LogP contribution in [0.1, 0.15) is 41.5 Å². The molecule has 0 radical (unpaired) electrons. The second kappa shape index (κ2) is 3.47. The van der Waals surface area contributed by atoms with Crippen LogP contribution >= 0.6 is 0 Å². The fourth-order valence-electron chi connectivity index (χ4n) is 4.25. The molecule has 2 aliphatic rings. The third kappa shape index (κ3) is 1.21. The number of rotatable bonds is 0. The molecule has 0 unspecified atom stereocenters. The van der Waals surface area contributed by atoms with Crippen LogP contribution in [0.25, 0.3) is 0 Å². The maximum absolute atomic E-state index is 2.47. The summed E-state index contributed by atoms with van der Waals surface area (Å²) in [6.07, 6.45) is 3.76. The van der Waals surface area contributed by atoms with Gasteiger partial charge in [-0.2, -0.15) is 0 Å². The summed E-state index contributed by atoms with van der Waals surface area (Å²) in [5.74, 6) is 0.726. The van der Waals surface area contributed by atoms with E-state index in [-0.39, 0.29) is 0 Å². The van der Waals surface area contributed by atoms with Crippen LogP contribution in [0.4, 0.5) is 0 Å². The van der Waals surface area contributed by atoms with Crippen molar-refractivity contribution in [1.29, 1.82) is 0 Å². The third-order valence-electron chi connectivity index (χ3n) is 5.09. The van der Waals surface area contributed by atoms with E-state index >= 15 is 0 Å². The van der Waals surface area contributed by atoms with Crippen molar-refractivity contribution < 1.29 is 0 Å². The average molecular weight is 234 g/mol. The first-order valence-electron chi connectivity index (χ1n) is 6.95. The number of benzene rings is 2. The number of hydrogen-bond acceptors (Lipinski definition) is 0. The van der Waals surface area contributed by atoms with Crippen LogP contribution < -0.4 is 0 Å². The Labute approximate surface area is 109 Å². The minimum atomic E-state index is 0.332. The molecule has 0 amide bonds. The fraction of sp³-hybridized carbons (Fsp3) is 0.333. The summed E-state index contributed by atoms with van der Waals surface area (Å²) < 4.78 is 0. The largest absolute Gasteiger partial charge is 0.0620 e. The summed E-state index contributed by atoms with van der Waals surface area (Å²) >= 11 is 0. The first kappa shape index (κ1) is 10.4. The maximum Gasteiger partial charge on any atom is 0.00367 e. The van der Waals surface area contributed by atoms with Crippen molar-refractivity contribution in [1.82, 2.24) is 0 Å². The van der Waals surface area contributed by atoms with Gasteiger partial charge in [0.15, 0.2) is 0 Å². The molecule has 0 heteroatoms. The van der Waals surface area contributed by atoms with Crippen LogP contribution in [0.5, 0.6) is 0 Å². The zero-order chi connectivity index (χ0) is 12.2. The summed E-state index contributed by atoms with van der Waals surface area (Å²) in [6, 6.07) is 18.1. The van der Waals surface area contributed by atoms with Crippen molar-refractivity contribution in [3.05, 3.63) is 70.8 Å². The lowest BCUT2D eigenvalue weighted by atomic mass is 9.65. The predicted molar refractivity (Wildman–Crippen MR) is 75.0 cm³/mol. The molecule has 0 fully saturated rings. The highest BCUT2D eigenvalue weighted by Crippen LogP contribution is 2.54. The van der Waals surface area contributed by atoms with E-state index in [0.29, 0.717) is 5.41 Å². The highest BCUT2D eigenvalue weighted by atomic mass is 14.5. The zero-order valence-electron chi connectivity index (χ0n) is 10.8. The molecule has 2 aliphatic carbocycles. The van der Waals surface area contributed by atoms with Crippen molar-refractivity contribution in [3.8, 4) is 0 Å². The molecule has 0 nitrogen and oxygen atoms in total. The number of hydrogen-bond donors (Lipinski definition) is 0. The fourth-order valence-corrected chi connectivity index (χ4v) is 4.25. The summed E-state index contributed by atoms with van der Waals surface area (Å²) in [5.41, 5.74) is 6.68. The van der Waals surface area contributed by atoms with Gasteiger partial charge in [-0.1, -0.05) is 55.5 Å². The van der Waals surface area contributed by atoms with Gasteiger partial charge in [0.1, 0.15) is 0 Å². The monoisotopic (exact) mass is 234 g/mol. The van der Waals surface area contributed by atoms with E-state index in [4.69, 9.17) is 0 Å². The maximum atomic E-state index is 2.47. The average Bonchev–Trinajstić information content (AvgIpc) is 2.71. The topological polar surface area (TPSA) is 0 Å². The van der Waals surface area contributed by atoms with E-state index in [2.05, 4.69) is 55.5 Å². The molecule has 0 bridgehead atoms. The predicted octanol–water partition coefficient (Wildman–Crippen LogP) is 4.23. The second-order valence-electron chi connectivity index (χ2n) is 6.04. The first-order chi connectivity index (χ1) is 8.79. The minimum absolute atomic E-state index is 0.332. The summed E-state index contributed by atoms with van der Waals surface area (Å²) in [5, 5.41) is 0. The van der Waals surface area contributed by atoms with E-state index in [0.717, 1.165) is 5.92 Å². The van der Waals surface area contributed by atoms with Gasteiger partial charge in [0.25, 0.3) is 0 Å². The normalized spacial score (nSPS) is 28.4. The Morgan fingerprint density at radius 2 is 1.67 bits per heavy atom. The lowest BCUT2D eigenvalue weighted by Crippen LogP contribution is -2.32. The molecule has 4 rings (SSSR count). The molecule has 0 heterocycles. The lowest BCUT2D eigenvalue weighted by Gasteiger charge is -2.38. The van der Waals surface area contributed by atoms with Crippen LogP contribution in [0.2, 0.25) is 0 Å². The Balaban J connectivity index is 1.93. The quantitative estimate of drug-likeness (QED) is 0.640. The molecule has 2 aromatic carbocycles. The summed E-state index contributed by atoms with van der Waals surface area (Å²) in [7, 11) is 0. The molecule has 0 N–H and O–H groups in total. The first-order valence-corrected chi connectivity index (χ1v) is 6.95. The van der Waals surface area contributed by atoms with Gasteiger partial charge in [0.2, 0.25) is 0 Å². The summed E-state index contributed by atoms with van der Waals surface area (Å²) in [6.45, 7) is 2.47. The Kier molecular flexibility index (Phi) is 2.00. The van der Waals surface area contributed by atoms with Crippen LogP contribution in [-0.4, -0.2) is 0 Å². The van der Waals surface area contributed by atoms with Gasteiger partial charge in [-0.05, 0) is 47.4 Å². The number of aryl methyl sites for hydroxylation is 1. The standard InChI is InChI=1S/C18H18/c1-18-12-14-7-2-4-8-15(14)17(18)11-10-13-6-3-5-9-16(13)18/h2-9,17H,10-12H2,1H3/t17-,18-/m1/s1. The Morgan fingerprint density at radius 1 is 0.944 bits per heavy atom. The smallest absolute Gasteiger partial charge is 0.00367 e. The third-order valence-corrected chi connectivity index (χ3v) is 5.09. The highest BCUT2D eigenvalue weighted by Gasteiger charge is 2.46. The molecular formula is C18H18. The Bertz CT molecular complexity index is 611. The van der Waals surface area contributed by atoms with Crippen molar-refractivity contribution in [2.45, 2.75) is 37.5 Å². The van der Waals surface area contributed by atoms with Gasteiger partial charge in [-0.15, -0.1) is 0 Å². The molecule has 18 heavy (non-hydrogen) atoms. The molecule has 2 atom stereocenters. The van der Waals surface area contributed by atoms with Crippen LogP contribution in [-0.2, 0) is 18.3 Å². The molecule has 90 valence electrons. The van der Waals surface area contributed by atoms with Crippen molar-refractivity contribution in [3.63, 3.8) is 0 Å². The van der Waals surface area contributed by atoms with Gasteiger partial charge in [-0.25, -0.2) is 0 Å². The molecule has 0 aliphatic heterocycles. The van der Waals surface area contributed by atoms with Crippen LogP contribution in [0.3, 0.4) is 0 Å². The lowest BCUT2D eigenvalue weighted by molar-refractivity contribution is 0.363. The summed E-state index contributed by atoms with van der Waals surface area (Å²) in [4.78, 5) is 0. The van der Waals surface area contributed by atoms with E-state index in [1.165, 1.54) is 19.3 Å². The molecule has 0 aromatic heterocycles. The Hall–Kier alpha value is -1.56. The minimum Gasteiger partial charge on any atom is -0.0620 e. The molecule has 0 saturated heterocycles. The van der Waals surface area contributed by atoms with E-state index in [9.17, 15) is 0 Å². The molecule has 0 spiro atoms. The van der Waals surface area contributed by atoms with Gasteiger partial charge in [0.05, 0.1) is 0 Å². The van der Waals surface area contributed by atoms with E-state index < -0.39 is 0 Å².